The third-order valence-electron chi connectivity index (χ3n) is 10.6. The molecule has 230 valence electrons. The fourth-order valence-electron chi connectivity index (χ4n) is 8.14. The van der Waals surface area contributed by atoms with Crippen LogP contribution in [-0.4, -0.2) is 4.57 Å². The molecule has 7 aromatic carbocycles. The fraction of sp³-hybridized carbons (Fsp3) is 0.106. The Hall–Kier alpha value is -5.66. The number of aromatic nitrogens is 1. The molecule has 0 saturated carbocycles. The molecule has 1 atom stereocenters. The van der Waals surface area contributed by atoms with Gasteiger partial charge in [0.15, 0.2) is 0 Å². The van der Waals surface area contributed by atoms with Crippen LogP contribution in [0.3, 0.4) is 0 Å². The topological polar surface area (TPSA) is 4.93 Å². The lowest BCUT2D eigenvalue weighted by Gasteiger charge is -2.24. The molecule has 1 unspecified atom stereocenters. The molecule has 0 spiro atoms. The van der Waals surface area contributed by atoms with Crippen molar-refractivity contribution < 1.29 is 0 Å². The van der Waals surface area contributed by atoms with Gasteiger partial charge in [-0.1, -0.05) is 153 Å². The Morgan fingerprint density at radius 1 is 0.479 bits per heavy atom. The molecular formula is C47H37N. The summed E-state index contributed by atoms with van der Waals surface area (Å²) in [5, 5.41) is 2.59. The Morgan fingerprint density at radius 2 is 1.10 bits per heavy atom. The summed E-state index contributed by atoms with van der Waals surface area (Å²) in [6, 6.07) is 62.8. The first-order chi connectivity index (χ1) is 23.6. The number of hydrogen-bond donors (Lipinski definition) is 0. The highest BCUT2D eigenvalue weighted by atomic mass is 15.0. The lowest BCUT2D eigenvalue weighted by atomic mass is 9.79. The van der Waals surface area contributed by atoms with E-state index in [1.165, 1.54) is 77.6 Å². The van der Waals surface area contributed by atoms with Gasteiger partial charge in [0.2, 0.25) is 0 Å². The van der Waals surface area contributed by atoms with Gasteiger partial charge in [-0.25, -0.2) is 0 Å². The molecule has 0 N–H and O–H groups in total. The minimum atomic E-state index is -0.0399. The highest BCUT2D eigenvalue weighted by Crippen LogP contribution is 2.49. The van der Waals surface area contributed by atoms with Gasteiger partial charge < -0.3 is 4.57 Å². The molecule has 9 rings (SSSR count). The minimum absolute atomic E-state index is 0.0399. The van der Waals surface area contributed by atoms with Gasteiger partial charge in [0.05, 0.1) is 11.0 Å². The van der Waals surface area contributed by atoms with E-state index in [-0.39, 0.29) is 11.3 Å². The summed E-state index contributed by atoms with van der Waals surface area (Å²) in [7, 11) is 0. The highest BCUT2D eigenvalue weighted by molar-refractivity contribution is 6.09. The smallest absolute Gasteiger partial charge is 0.0541 e. The molecule has 1 heteroatoms. The van der Waals surface area contributed by atoms with Crippen molar-refractivity contribution in [2.24, 2.45) is 0 Å². The van der Waals surface area contributed by atoms with Crippen LogP contribution >= 0.6 is 0 Å². The number of hydrogen-bond acceptors (Lipinski definition) is 0. The second kappa shape index (κ2) is 11.2. The lowest BCUT2D eigenvalue weighted by molar-refractivity contribution is 0.657. The van der Waals surface area contributed by atoms with Crippen LogP contribution < -0.4 is 0 Å². The molecule has 1 heterocycles. The zero-order valence-electron chi connectivity index (χ0n) is 27.4. The van der Waals surface area contributed by atoms with Crippen LogP contribution in [0.2, 0.25) is 0 Å². The zero-order chi connectivity index (χ0) is 32.2. The molecule has 8 aromatic rings. The molecule has 0 bridgehead atoms. The molecule has 1 aliphatic carbocycles. The Balaban J connectivity index is 1.17. The maximum Gasteiger partial charge on any atom is 0.0541 e. The van der Waals surface area contributed by atoms with E-state index >= 15 is 0 Å². The van der Waals surface area contributed by atoms with E-state index < -0.39 is 0 Å². The van der Waals surface area contributed by atoms with Crippen molar-refractivity contribution in [2.75, 3.05) is 0 Å². The van der Waals surface area contributed by atoms with Crippen LogP contribution in [0.1, 0.15) is 47.6 Å². The second-order valence-corrected chi connectivity index (χ2v) is 13.8. The van der Waals surface area contributed by atoms with Crippen LogP contribution in [-0.2, 0) is 11.8 Å². The molecule has 0 amide bonds. The van der Waals surface area contributed by atoms with E-state index in [4.69, 9.17) is 0 Å². The molecule has 1 aliphatic rings. The van der Waals surface area contributed by atoms with E-state index in [1.54, 1.807) is 0 Å². The molecule has 1 nitrogen and oxygen atoms in total. The quantitative estimate of drug-likeness (QED) is 0.175. The number of fused-ring (bicyclic) bond motifs is 6. The van der Waals surface area contributed by atoms with Crippen LogP contribution in [0.25, 0.3) is 49.7 Å². The number of rotatable bonds is 6. The molecule has 48 heavy (non-hydrogen) atoms. The van der Waals surface area contributed by atoms with Crippen molar-refractivity contribution in [3.05, 3.63) is 198 Å². The van der Waals surface area contributed by atoms with Crippen molar-refractivity contribution in [3.8, 4) is 27.9 Å². The van der Waals surface area contributed by atoms with E-state index in [9.17, 15) is 0 Å². The van der Waals surface area contributed by atoms with Gasteiger partial charge in [0.25, 0.3) is 0 Å². The molecule has 0 saturated heterocycles. The van der Waals surface area contributed by atoms with Gasteiger partial charge in [-0.3, -0.25) is 0 Å². The van der Waals surface area contributed by atoms with Crippen molar-refractivity contribution in [2.45, 2.75) is 31.6 Å². The second-order valence-electron chi connectivity index (χ2n) is 13.8. The molecule has 0 aliphatic heterocycles. The SMILES string of the molecule is CC1(C)c2ccccc2-c2ccc(C(Cc3ccc4c(c3)c3ccccc3n4-c3ccccc3)c3ccc(-c4ccccc4)cc3)cc21. The Labute approximate surface area is 282 Å². The molecule has 0 radical (unpaired) electrons. The van der Waals surface area contributed by atoms with Gasteiger partial charge in [-0.05, 0) is 86.8 Å². The lowest BCUT2D eigenvalue weighted by Crippen LogP contribution is -2.16. The van der Waals surface area contributed by atoms with Crippen LogP contribution in [0.4, 0.5) is 0 Å². The summed E-state index contributed by atoms with van der Waals surface area (Å²) >= 11 is 0. The van der Waals surface area contributed by atoms with Gasteiger partial charge in [0, 0.05) is 27.8 Å². The normalized spacial score (nSPS) is 13.8. The zero-order valence-corrected chi connectivity index (χ0v) is 27.4. The van der Waals surface area contributed by atoms with Crippen molar-refractivity contribution in [3.63, 3.8) is 0 Å². The average Bonchev–Trinajstić information content (AvgIpc) is 3.59. The molecule has 0 fully saturated rings. The van der Waals surface area contributed by atoms with E-state index in [0.717, 1.165) is 6.42 Å². The van der Waals surface area contributed by atoms with Crippen molar-refractivity contribution >= 4 is 21.8 Å². The maximum atomic E-state index is 2.50. The van der Waals surface area contributed by atoms with Gasteiger partial charge in [0.1, 0.15) is 0 Å². The van der Waals surface area contributed by atoms with Gasteiger partial charge >= 0.3 is 0 Å². The predicted octanol–water partition coefficient (Wildman–Crippen LogP) is 12.1. The predicted molar refractivity (Wildman–Crippen MR) is 202 cm³/mol. The van der Waals surface area contributed by atoms with Crippen molar-refractivity contribution in [1.29, 1.82) is 0 Å². The Morgan fingerprint density at radius 3 is 1.92 bits per heavy atom. The third-order valence-corrected chi connectivity index (χ3v) is 10.6. The summed E-state index contributed by atoms with van der Waals surface area (Å²) in [6.45, 7) is 4.75. The fourth-order valence-corrected chi connectivity index (χ4v) is 8.14. The standard InChI is InChI=1S/C47H37N/c1-47(2)43-19-11-9-17-38(43)39-27-26-36(31-44(39)47)41(35-24-22-34(23-25-35)33-13-5-3-6-14-33)29-32-21-28-46-42(30-32)40-18-10-12-20-45(40)48(46)37-15-7-4-8-16-37/h3-28,30-31,41H,29H2,1-2H3. The molecular weight excluding hydrogens is 579 g/mol. The monoisotopic (exact) mass is 615 g/mol. The summed E-state index contributed by atoms with van der Waals surface area (Å²) in [5.74, 6) is 0.208. The Bertz CT molecular complexity index is 2430. The third kappa shape index (κ3) is 4.61. The van der Waals surface area contributed by atoms with E-state index in [2.05, 4.69) is 188 Å². The summed E-state index contributed by atoms with van der Waals surface area (Å²) in [6.07, 6.45) is 0.914. The maximum absolute atomic E-state index is 2.50. The first-order valence-electron chi connectivity index (χ1n) is 17.0. The Kier molecular flexibility index (Phi) is 6.69. The first kappa shape index (κ1) is 28.6. The first-order valence-corrected chi connectivity index (χ1v) is 17.0. The number of para-hydroxylation sites is 2. The number of nitrogens with zero attached hydrogens (tertiary/aromatic N) is 1. The number of benzene rings is 7. The van der Waals surface area contributed by atoms with E-state index in [0.29, 0.717) is 0 Å². The van der Waals surface area contributed by atoms with Crippen LogP contribution in [0, 0.1) is 0 Å². The van der Waals surface area contributed by atoms with Gasteiger partial charge in [-0.2, -0.15) is 0 Å². The summed E-state index contributed by atoms with van der Waals surface area (Å²) < 4.78 is 2.40. The van der Waals surface area contributed by atoms with Crippen LogP contribution in [0.15, 0.2) is 170 Å². The van der Waals surface area contributed by atoms with Crippen LogP contribution in [0.5, 0.6) is 0 Å². The minimum Gasteiger partial charge on any atom is -0.309 e. The highest BCUT2D eigenvalue weighted by Gasteiger charge is 2.35. The summed E-state index contributed by atoms with van der Waals surface area (Å²) in [4.78, 5) is 0. The largest absolute Gasteiger partial charge is 0.309 e. The molecule has 1 aromatic heterocycles. The van der Waals surface area contributed by atoms with E-state index in [1.807, 2.05) is 0 Å². The average molecular weight is 616 g/mol. The van der Waals surface area contributed by atoms with Crippen molar-refractivity contribution in [1.82, 2.24) is 4.57 Å². The summed E-state index contributed by atoms with van der Waals surface area (Å²) in [5.41, 5.74) is 15.8. The van der Waals surface area contributed by atoms with Gasteiger partial charge in [-0.15, -0.1) is 0 Å².